The van der Waals surface area contributed by atoms with Crippen LogP contribution in [0.4, 0.5) is 0 Å². The highest BCUT2D eigenvalue weighted by molar-refractivity contribution is 7.13. The number of carbonyl (C=O) groups is 1. The summed E-state index contributed by atoms with van der Waals surface area (Å²) in [6.07, 6.45) is -0.665. The smallest absolute Gasteiger partial charge is 0.340 e. The molecule has 4 rings (SSSR count). The van der Waals surface area contributed by atoms with Crippen molar-refractivity contribution in [3.05, 3.63) is 77.1 Å². The van der Waals surface area contributed by atoms with E-state index in [4.69, 9.17) is 9.15 Å². The predicted molar refractivity (Wildman–Crippen MR) is 106 cm³/mol. The van der Waals surface area contributed by atoms with Gasteiger partial charge in [0.05, 0.1) is 21.8 Å². The van der Waals surface area contributed by atoms with Gasteiger partial charge in [-0.15, -0.1) is 21.5 Å². The number of benzene rings is 1. The Morgan fingerprint density at radius 1 is 1.07 bits per heavy atom. The molecular weight excluding hydrogens is 374 g/mol. The third-order valence-corrected chi connectivity index (χ3v) is 5.04. The van der Waals surface area contributed by atoms with Crippen molar-refractivity contribution in [2.24, 2.45) is 0 Å². The molecule has 28 heavy (non-hydrogen) atoms. The van der Waals surface area contributed by atoms with Crippen LogP contribution >= 0.6 is 11.3 Å². The first-order valence-corrected chi connectivity index (χ1v) is 9.61. The van der Waals surface area contributed by atoms with Crippen LogP contribution < -0.4 is 0 Å². The summed E-state index contributed by atoms with van der Waals surface area (Å²) in [5.74, 6) is 0.189. The number of aromatic nitrogens is 3. The van der Waals surface area contributed by atoms with E-state index in [1.165, 1.54) is 11.3 Å². The van der Waals surface area contributed by atoms with E-state index in [9.17, 15) is 4.79 Å². The van der Waals surface area contributed by atoms with E-state index in [2.05, 4.69) is 15.2 Å². The zero-order valence-electron chi connectivity index (χ0n) is 15.3. The number of carbonyl (C=O) groups excluding carboxylic acids is 1. The Morgan fingerprint density at radius 2 is 1.89 bits per heavy atom. The molecule has 0 aliphatic carbocycles. The maximum atomic E-state index is 12.6. The average Bonchev–Trinajstić information content (AvgIpc) is 3.40. The van der Waals surface area contributed by atoms with Crippen molar-refractivity contribution >= 4 is 17.3 Å². The van der Waals surface area contributed by atoms with E-state index < -0.39 is 12.1 Å². The summed E-state index contributed by atoms with van der Waals surface area (Å²) in [7, 11) is 0. The van der Waals surface area contributed by atoms with Gasteiger partial charge in [-0.05, 0) is 37.4 Å². The fraction of sp³-hybridized carbons (Fsp3) is 0.143. The first kappa shape index (κ1) is 18.1. The molecule has 1 aromatic carbocycles. The minimum absolute atomic E-state index is 0.253. The molecule has 0 saturated heterocycles. The number of hydrogen-bond donors (Lipinski definition) is 0. The van der Waals surface area contributed by atoms with Crippen molar-refractivity contribution in [1.29, 1.82) is 0 Å². The second-order valence-electron chi connectivity index (χ2n) is 6.17. The molecule has 0 fully saturated rings. The number of thiophene rings is 1. The Bertz CT molecular complexity index is 1090. The number of esters is 1. The lowest BCUT2D eigenvalue weighted by Crippen LogP contribution is -2.12. The van der Waals surface area contributed by atoms with Crippen LogP contribution in [-0.2, 0) is 4.74 Å². The lowest BCUT2D eigenvalue weighted by Gasteiger charge is -2.11. The highest BCUT2D eigenvalue weighted by Crippen LogP contribution is 2.26. The zero-order chi connectivity index (χ0) is 19.5. The monoisotopic (exact) mass is 391 g/mol. The summed E-state index contributed by atoms with van der Waals surface area (Å²) in [5.41, 5.74) is 2.80. The molecule has 3 aromatic heterocycles. The number of ether oxygens (including phenoxy) is 1. The average molecular weight is 391 g/mol. The molecule has 0 radical (unpaired) electrons. The largest absolute Gasteiger partial charge is 0.449 e. The summed E-state index contributed by atoms with van der Waals surface area (Å²) in [4.78, 5) is 18.0. The van der Waals surface area contributed by atoms with E-state index >= 15 is 0 Å². The Morgan fingerprint density at radius 3 is 2.61 bits per heavy atom. The molecule has 140 valence electrons. The number of aryl methyl sites for hydroxylation is 1. The molecule has 0 amide bonds. The lowest BCUT2D eigenvalue weighted by molar-refractivity contribution is 0.0278. The van der Waals surface area contributed by atoms with Gasteiger partial charge in [0.1, 0.15) is 0 Å². The lowest BCUT2D eigenvalue weighted by atomic mass is 10.1. The van der Waals surface area contributed by atoms with E-state index in [1.54, 1.807) is 19.9 Å². The second-order valence-corrected chi connectivity index (χ2v) is 7.11. The Labute approximate surface area is 165 Å². The van der Waals surface area contributed by atoms with Gasteiger partial charge in [-0.2, -0.15) is 0 Å². The molecule has 7 heteroatoms. The fourth-order valence-electron chi connectivity index (χ4n) is 2.72. The molecule has 0 N–H and O–H groups in total. The second kappa shape index (κ2) is 7.74. The topological polar surface area (TPSA) is 78.1 Å². The third-order valence-electron chi connectivity index (χ3n) is 4.18. The van der Waals surface area contributed by atoms with Crippen molar-refractivity contribution in [3.8, 4) is 22.0 Å². The van der Waals surface area contributed by atoms with Gasteiger partial charge in [-0.3, -0.25) is 4.98 Å². The first-order chi connectivity index (χ1) is 13.6. The van der Waals surface area contributed by atoms with Crippen molar-refractivity contribution in [2.75, 3.05) is 0 Å². The molecule has 1 atom stereocenters. The summed E-state index contributed by atoms with van der Waals surface area (Å²) in [6, 6.07) is 17.1. The zero-order valence-corrected chi connectivity index (χ0v) is 16.1. The van der Waals surface area contributed by atoms with Crippen molar-refractivity contribution in [1.82, 2.24) is 15.2 Å². The van der Waals surface area contributed by atoms with E-state index in [0.717, 1.165) is 16.1 Å². The van der Waals surface area contributed by atoms with Crippen molar-refractivity contribution < 1.29 is 13.9 Å². The van der Waals surface area contributed by atoms with Gasteiger partial charge < -0.3 is 9.15 Å². The van der Waals surface area contributed by atoms with Gasteiger partial charge in [0.15, 0.2) is 6.10 Å². The molecule has 0 bridgehead atoms. The summed E-state index contributed by atoms with van der Waals surface area (Å²) in [6.45, 7) is 3.49. The minimum Gasteiger partial charge on any atom is -0.449 e. The third kappa shape index (κ3) is 3.70. The molecule has 0 aliphatic rings. The maximum Gasteiger partial charge on any atom is 0.340 e. The quantitative estimate of drug-likeness (QED) is 0.441. The predicted octanol–water partition coefficient (Wildman–Crippen LogP) is 5.09. The van der Waals surface area contributed by atoms with Gasteiger partial charge in [-0.1, -0.05) is 36.4 Å². The molecule has 3 heterocycles. The summed E-state index contributed by atoms with van der Waals surface area (Å²) < 4.78 is 11.1. The van der Waals surface area contributed by atoms with E-state index in [-0.39, 0.29) is 5.89 Å². The van der Waals surface area contributed by atoms with Gasteiger partial charge in [0.2, 0.25) is 0 Å². The Hall–Kier alpha value is -3.32. The summed E-state index contributed by atoms with van der Waals surface area (Å²) in [5, 5.41) is 9.93. The number of pyridine rings is 1. The number of hydrogen-bond acceptors (Lipinski definition) is 7. The molecule has 0 spiro atoms. The SMILES string of the molecule is Cc1nc(-c2ccccc2)ccc1C(=O)OC(C)c1nnc(-c2cccs2)o1. The van der Waals surface area contributed by atoms with Crippen LogP contribution in [0.2, 0.25) is 0 Å². The van der Waals surface area contributed by atoms with Crippen LogP contribution in [0.1, 0.15) is 35.0 Å². The molecule has 4 aromatic rings. The van der Waals surface area contributed by atoms with Gasteiger partial charge in [0, 0.05) is 5.56 Å². The first-order valence-electron chi connectivity index (χ1n) is 8.73. The molecule has 6 nitrogen and oxygen atoms in total. The van der Waals surface area contributed by atoms with Gasteiger partial charge >= 0.3 is 5.97 Å². The van der Waals surface area contributed by atoms with Crippen LogP contribution in [0, 0.1) is 6.92 Å². The highest BCUT2D eigenvalue weighted by atomic mass is 32.1. The van der Waals surface area contributed by atoms with Crippen LogP contribution in [0.5, 0.6) is 0 Å². The minimum atomic E-state index is -0.665. The van der Waals surface area contributed by atoms with Crippen LogP contribution in [0.3, 0.4) is 0 Å². The Kier molecular flexibility index (Phi) is 4.99. The number of rotatable bonds is 5. The van der Waals surface area contributed by atoms with Crippen molar-refractivity contribution in [2.45, 2.75) is 20.0 Å². The maximum absolute atomic E-state index is 12.6. The standard InChI is InChI=1S/C21H17N3O3S/c1-13-16(10-11-17(22-13)15-7-4-3-5-8-15)21(25)26-14(2)19-23-24-20(27-19)18-9-6-12-28-18/h3-12,14H,1-2H3. The molecule has 1 unspecified atom stereocenters. The van der Waals surface area contributed by atoms with Gasteiger partial charge in [0.25, 0.3) is 11.8 Å². The van der Waals surface area contributed by atoms with Crippen LogP contribution in [0.15, 0.2) is 64.4 Å². The normalized spacial score (nSPS) is 11.9. The molecule has 0 saturated carbocycles. The fourth-order valence-corrected chi connectivity index (χ4v) is 3.36. The molecular formula is C21H17N3O3S. The van der Waals surface area contributed by atoms with E-state index in [1.807, 2.05) is 53.9 Å². The molecule has 0 aliphatic heterocycles. The number of nitrogens with zero attached hydrogens (tertiary/aromatic N) is 3. The summed E-state index contributed by atoms with van der Waals surface area (Å²) >= 11 is 1.50. The van der Waals surface area contributed by atoms with Crippen molar-refractivity contribution in [3.63, 3.8) is 0 Å². The van der Waals surface area contributed by atoms with E-state index in [0.29, 0.717) is 17.1 Å². The van der Waals surface area contributed by atoms with Gasteiger partial charge in [-0.25, -0.2) is 4.79 Å². The Balaban J connectivity index is 1.49. The van der Waals surface area contributed by atoms with Crippen LogP contribution in [0.25, 0.3) is 22.0 Å². The van der Waals surface area contributed by atoms with Crippen LogP contribution in [-0.4, -0.2) is 21.2 Å². The highest BCUT2D eigenvalue weighted by Gasteiger charge is 2.21.